The zero-order valence-corrected chi connectivity index (χ0v) is 14.4. The minimum atomic E-state index is 0.0476. The van der Waals surface area contributed by atoms with Gasteiger partial charge in [0.05, 0.1) is 4.91 Å². The van der Waals surface area contributed by atoms with Gasteiger partial charge >= 0.3 is 0 Å². The van der Waals surface area contributed by atoms with E-state index in [2.05, 4.69) is 45.0 Å². The summed E-state index contributed by atoms with van der Waals surface area (Å²) in [5, 5.41) is 0. The monoisotopic (exact) mass is 319 g/mol. The second-order valence-electron chi connectivity index (χ2n) is 5.51. The highest BCUT2D eigenvalue weighted by Crippen LogP contribution is 2.32. The summed E-state index contributed by atoms with van der Waals surface area (Å²) in [5.41, 5.74) is 2.36. The van der Waals surface area contributed by atoms with Gasteiger partial charge in [0, 0.05) is 6.54 Å². The van der Waals surface area contributed by atoms with Crippen molar-refractivity contribution in [2.45, 2.75) is 39.5 Å². The molecule has 0 aromatic heterocycles. The lowest BCUT2D eigenvalue weighted by Crippen LogP contribution is -2.28. The Balaban J connectivity index is 2.14. The number of hydrogen-bond donors (Lipinski definition) is 0. The van der Waals surface area contributed by atoms with E-state index < -0.39 is 0 Å². The summed E-state index contributed by atoms with van der Waals surface area (Å²) in [6.45, 7) is 7.19. The van der Waals surface area contributed by atoms with Crippen LogP contribution in [0.4, 0.5) is 0 Å². The molecule has 2 nitrogen and oxygen atoms in total. The van der Waals surface area contributed by atoms with Gasteiger partial charge in [-0.3, -0.25) is 9.69 Å². The molecule has 1 fully saturated rings. The Labute approximate surface area is 136 Å². The molecule has 1 amide bonds. The summed E-state index contributed by atoms with van der Waals surface area (Å²) in [7, 11) is 0. The number of unbranched alkanes of at least 4 members (excludes halogenated alkanes) is 1. The number of hydrogen-bond acceptors (Lipinski definition) is 3. The van der Waals surface area contributed by atoms with Crippen LogP contribution in [-0.2, 0) is 4.79 Å². The van der Waals surface area contributed by atoms with Gasteiger partial charge in [0.25, 0.3) is 5.91 Å². The third-order valence-corrected chi connectivity index (χ3v) is 4.89. The molecule has 4 heteroatoms. The molecule has 2 rings (SSSR count). The van der Waals surface area contributed by atoms with Gasteiger partial charge in [-0.25, -0.2) is 0 Å². The van der Waals surface area contributed by atoms with Crippen molar-refractivity contribution in [3.8, 4) is 0 Å². The lowest BCUT2D eigenvalue weighted by Gasteiger charge is -2.13. The van der Waals surface area contributed by atoms with Gasteiger partial charge in [0.2, 0.25) is 0 Å². The molecular weight excluding hydrogens is 298 g/mol. The Morgan fingerprint density at radius 3 is 2.52 bits per heavy atom. The molecule has 1 aliphatic heterocycles. The van der Waals surface area contributed by atoms with Gasteiger partial charge < -0.3 is 0 Å². The third-order valence-electron chi connectivity index (χ3n) is 3.51. The second kappa shape index (κ2) is 7.23. The average molecular weight is 319 g/mol. The van der Waals surface area contributed by atoms with Crippen LogP contribution in [0.1, 0.15) is 50.7 Å². The van der Waals surface area contributed by atoms with Crippen LogP contribution in [0.5, 0.6) is 0 Å². The van der Waals surface area contributed by atoms with Crippen LogP contribution in [0.25, 0.3) is 6.08 Å². The Kier molecular flexibility index (Phi) is 5.59. The molecule has 21 heavy (non-hydrogen) atoms. The van der Waals surface area contributed by atoms with Crippen molar-refractivity contribution in [3.05, 3.63) is 40.3 Å². The molecule has 0 spiro atoms. The summed E-state index contributed by atoms with van der Waals surface area (Å²) in [4.78, 5) is 14.8. The number of thiocarbonyl (C=S) groups is 1. The van der Waals surface area contributed by atoms with E-state index in [0.717, 1.165) is 29.9 Å². The second-order valence-corrected chi connectivity index (χ2v) is 7.18. The maximum atomic E-state index is 12.4. The van der Waals surface area contributed by atoms with Crippen molar-refractivity contribution in [1.29, 1.82) is 0 Å². The number of benzene rings is 1. The van der Waals surface area contributed by atoms with Crippen molar-refractivity contribution in [2.75, 3.05) is 6.54 Å². The number of carbonyl (C=O) groups excluding carboxylic acids is 1. The zero-order chi connectivity index (χ0) is 15.4. The van der Waals surface area contributed by atoms with E-state index in [0.29, 0.717) is 10.2 Å². The molecule has 1 saturated heterocycles. The molecule has 1 heterocycles. The lowest BCUT2D eigenvalue weighted by molar-refractivity contribution is -0.122. The smallest absolute Gasteiger partial charge is 0.266 e. The fourth-order valence-corrected chi connectivity index (χ4v) is 3.45. The third kappa shape index (κ3) is 3.95. The van der Waals surface area contributed by atoms with Gasteiger partial charge in [-0.15, -0.1) is 0 Å². The summed E-state index contributed by atoms with van der Waals surface area (Å²) < 4.78 is 0.679. The van der Waals surface area contributed by atoms with E-state index in [-0.39, 0.29) is 5.91 Å². The molecular formula is C17H21NOS2. The van der Waals surface area contributed by atoms with Crippen LogP contribution in [0.2, 0.25) is 0 Å². The Morgan fingerprint density at radius 2 is 1.95 bits per heavy atom. The highest BCUT2D eigenvalue weighted by Gasteiger charge is 2.31. The fraction of sp³-hybridized carbons (Fsp3) is 0.412. The molecule has 0 unspecified atom stereocenters. The first-order chi connectivity index (χ1) is 10.0. The van der Waals surface area contributed by atoms with E-state index >= 15 is 0 Å². The standard InChI is InChI=1S/C17H21NOS2/c1-4-5-10-18-16(19)15(21-17(18)20)11-13-6-8-14(9-7-13)12(2)3/h6-9,11-12H,4-5,10H2,1-3H3. The quantitative estimate of drug-likeness (QED) is 0.574. The Morgan fingerprint density at radius 1 is 1.29 bits per heavy atom. The molecule has 0 bridgehead atoms. The molecule has 1 aromatic rings. The van der Waals surface area contributed by atoms with Crippen LogP contribution in [0.3, 0.4) is 0 Å². The molecule has 0 radical (unpaired) electrons. The van der Waals surface area contributed by atoms with Crippen molar-refractivity contribution >= 4 is 40.3 Å². The van der Waals surface area contributed by atoms with E-state index in [4.69, 9.17) is 12.2 Å². The molecule has 1 aromatic carbocycles. The number of nitrogens with zero attached hydrogens (tertiary/aromatic N) is 1. The number of carbonyl (C=O) groups is 1. The first kappa shape index (κ1) is 16.2. The minimum absolute atomic E-state index is 0.0476. The molecule has 0 N–H and O–H groups in total. The lowest BCUT2D eigenvalue weighted by atomic mass is 10.0. The van der Waals surface area contributed by atoms with E-state index in [1.54, 1.807) is 4.90 Å². The van der Waals surface area contributed by atoms with Gasteiger partial charge in [-0.1, -0.05) is 75.4 Å². The summed E-state index contributed by atoms with van der Waals surface area (Å²) in [6.07, 6.45) is 3.99. The highest BCUT2D eigenvalue weighted by molar-refractivity contribution is 8.26. The maximum Gasteiger partial charge on any atom is 0.266 e. The molecule has 112 valence electrons. The van der Waals surface area contributed by atoms with Crippen LogP contribution < -0.4 is 0 Å². The van der Waals surface area contributed by atoms with Crippen LogP contribution in [-0.4, -0.2) is 21.7 Å². The number of rotatable bonds is 5. The van der Waals surface area contributed by atoms with Gasteiger partial charge in [-0.2, -0.15) is 0 Å². The van der Waals surface area contributed by atoms with E-state index in [1.807, 2.05) is 6.08 Å². The van der Waals surface area contributed by atoms with E-state index in [9.17, 15) is 4.79 Å². The first-order valence-electron chi connectivity index (χ1n) is 7.38. The largest absolute Gasteiger partial charge is 0.293 e. The summed E-state index contributed by atoms with van der Waals surface area (Å²) >= 11 is 6.71. The van der Waals surface area contributed by atoms with Crippen molar-refractivity contribution in [2.24, 2.45) is 0 Å². The van der Waals surface area contributed by atoms with Crippen molar-refractivity contribution in [3.63, 3.8) is 0 Å². The first-order valence-corrected chi connectivity index (χ1v) is 8.60. The van der Waals surface area contributed by atoms with Crippen LogP contribution in [0.15, 0.2) is 29.2 Å². The average Bonchev–Trinajstić information content (AvgIpc) is 2.72. The number of thioether (sulfide) groups is 1. The van der Waals surface area contributed by atoms with Crippen LogP contribution >= 0.6 is 24.0 Å². The predicted molar refractivity (Wildman–Crippen MR) is 95.3 cm³/mol. The molecule has 0 aliphatic carbocycles. The maximum absolute atomic E-state index is 12.4. The van der Waals surface area contributed by atoms with Crippen molar-refractivity contribution in [1.82, 2.24) is 4.90 Å². The fourth-order valence-electron chi connectivity index (χ4n) is 2.14. The van der Waals surface area contributed by atoms with Gasteiger partial charge in [-0.05, 0) is 29.5 Å². The molecule has 0 atom stereocenters. The van der Waals surface area contributed by atoms with Crippen LogP contribution in [0, 0.1) is 0 Å². The highest BCUT2D eigenvalue weighted by atomic mass is 32.2. The summed E-state index contributed by atoms with van der Waals surface area (Å²) in [6, 6.07) is 8.37. The van der Waals surface area contributed by atoms with Gasteiger partial charge in [0.1, 0.15) is 4.32 Å². The Bertz CT molecular complexity index is 561. The molecule has 1 aliphatic rings. The topological polar surface area (TPSA) is 20.3 Å². The SMILES string of the molecule is CCCCN1C(=O)C(=Cc2ccc(C(C)C)cc2)SC1=S. The summed E-state index contributed by atoms with van der Waals surface area (Å²) in [5.74, 6) is 0.567. The predicted octanol–water partition coefficient (Wildman–Crippen LogP) is 4.81. The Hall–Kier alpha value is -1.13. The van der Waals surface area contributed by atoms with E-state index in [1.165, 1.54) is 17.3 Å². The minimum Gasteiger partial charge on any atom is -0.293 e. The zero-order valence-electron chi connectivity index (χ0n) is 12.8. The van der Waals surface area contributed by atoms with Crippen molar-refractivity contribution < 1.29 is 4.79 Å². The van der Waals surface area contributed by atoms with Gasteiger partial charge in [0.15, 0.2) is 0 Å². The molecule has 0 saturated carbocycles. The number of amides is 1. The normalized spacial score (nSPS) is 17.3.